The third kappa shape index (κ3) is 5.49. The van der Waals surface area contributed by atoms with Gasteiger partial charge in [-0.15, -0.1) is 0 Å². The highest BCUT2D eigenvalue weighted by atomic mass is 16.3. The van der Waals surface area contributed by atoms with Crippen LogP contribution in [0.2, 0.25) is 0 Å². The van der Waals surface area contributed by atoms with Crippen LogP contribution in [0.25, 0.3) is 82.4 Å². The molecule has 0 aliphatic carbocycles. The molecule has 0 aliphatic heterocycles. The van der Waals surface area contributed by atoms with Crippen LogP contribution in [0.1, 0.15) is 30.4 Å². The van der Waals surface area contributed by atoms with E-state index in [0.29, 0.717) is 11.4 Å². The van der Waals surface area contributed by atoms with Gasteiger partial charge in [0.2, 0.25) is 0 Å². The Morgan fingerprint density at radius 3 is 1.71 bits per heavy atom. The number of aliphatic imine (C=N–C) groups is 1. The zero-order valence-electron chi connectivity index (χ0n) is 31.9. The van der Waals surface area contributed by atoms with Crippen molar-refractivity contribution in [1.29, 1.82) is 0 Å². The molecule has 6 nitrogen and oxygen atoms in total. The van der Waals surface area contributed by atoms with Gasteiger partial charge in [-0.1, -0.05) is 140 Å². The van der Waals surface area contributed by atoms with Gasteiger partial charge in [-0.3, -0.25) is 5.32 Å². The fraction of sp³-hybridized carbons (Fsp3) is 0.0577. The fourth-order valence-electron chi connectivity index (χ4n) is 8.91. The van der Waals surface area contributed by atoms with Crippen LogP contribution in [-0.4, -0.2) is 15.0 Å². The topological polar surface area (TPSA) is 73.4 Å². The van der Waals surface area contributed by atoms with Crippen molar-refractivity contribution in [3.05, 3.63) is 199 Å². The number of nitrogens with one attached hydrogen (secondary N) is 1. The molecular weight excluding hydrogens is 711 g/mol. The van der Waals surface area contributed by atoms with Crippen LogP contribution in [0, 0.1) is 0 Å². The smallest absolute Gasteiger partial charge is 0.146 e. The molecule has 3 aromatic heterocycles. The molecule has 11 rings (SSSR count). The molecule has 0 saturated carbocycles. The maximum absolute atomic E-state index is 7.09. The SMILES string of the molecule is CC(NC(N=C(N)c1cccc2c1oc1ccc(-n3c4ccccc4c4ccccc43)cc12)c1ccc(-c2ccccc2)cc1)n1c2ccccc2c2ccccc21. The van der Waals surface area contributed by atoms with Crippen molar-refractivity contribution in [3.8, 4) is 16.8 Å². The summed E-state index contributed by atoms with van der Waals surface area (Å²) in [4.78, 5) is 5.28. The monoisotopic (exact) mass is 749 g/mol. The van der Waals surface area contributed by atoms with E-state index in [1.54, 1.807) is 0 Å². The average molecular weight is 750 g/mol. The Labute approximate surface area is 335 Å². The number of hydrogen-bond donors (Lipinski definition) is 2. The number of rotatable bonds is 8. The van der Waals surface area contributed by atoms with Gasteiger partial charge in [0.1, 0.15) is 23.2 Å². The Balaban J connectivity index is 1.02. The first kappa shape index (κ1) is 33.9. The molecule has 278 valence electrons. The van der Waals surface area contributed by atoms with Crippen molar-refractivity contribution in [2.24, 2.45) is 10.7 Å². The summed E-state index contributed by atoms with van der Waals surface area (Å²) in [5.41, 5.74) is 18.4. The second-order valence-corrected chi connectivity index (χ2v) is 15.0. The minimum absolute atomic E-state index is 0.138. The maximum Gasteiger partial charge on any atom is 0.146 e. The molecule has 11 aromatic rings. The molecule has 6 heteroatoms. The van der Waals surface area contributed by atoms with Gasteiger partial charge in [-0.05, 0) is 72.1 Å². The van der Waals surface area contributed by atoms with Gasteiger partial charge in [-0.25, -0.2) is 4.99 Å². The fourth-order valence-corrected chi connectivity index (χ4v) is 8.91. The van der Waals surface area contributed by atoms with Crippen molar-refractivity contribution in [1.82, 2.24) is 14.5 Å². The molecule has 2 unspecified atom stereocenters. The standard InChI is InChI=1S/C52H39N5O/c1-33(56-45-22-9-5-16-38(45)39-17-6-10-23-46(39)56)54-52(36-28-26-35(27-29-36)34-14-3-2-4-15-34)55-51(53)43-21-13-20-42-44-32-37(30-31-49(44)58-50(42)43)57-47-24-11-7-18-40(47)41-19-8-12-25-48(41)57/h2-33,52,54H,1H3,(H2,53,55). The van der Waals surface area contributed by atoms with E-state index in [4.69, 9.17) is 15.1 Å². The number of nitrogens with zero attached hydrogens (tertiary/aromatic N) is 3. The first-order valence-corrected chi connectivity index (χ1v) is 19.8. The average Bonchev–Trinajstić information content (AvgIpc) is 3.94. The second-order valence-electron chi connectivity index (χ2n) is 15.0. The molecule has 0 radical (unpaired) electrons. The number of furan rings is 1. The number of hydrogen-bond acceptors (Lipinski definition) is 3. The summed E-state index contributed by atoms with van der Waals surface area (Å²) in [5, 5.41) is 10.8. The highest BCUT2D eigenvalue weighted by Gasteiger charge is 2.22. The summed E-state index contributed by atoms with van der Waals surface area (Å²) in [5.74, 6) is 0.395. The Morgan fingerprint density at radius 2 is 1.07 bits per heavy atom. The van der Waals surface area contributed by atoms with Crippen LogP contribution in [0.3, 0.4) is 0 Å². The Morgan fingerprint density at radius 1 is 0.534 bits per heavy atom. The summed E-state index contributed by atoms with van der Waals surface area (Å²) in [6, 6.07) is 65.9. The molecule has 8 aromatic carbocycles. The van der Waals surface area contributed by atoms with Crippen molar-refractivity contribution in [3.63, 3.8) is 0 Å². The lowest BCUT2D eigenvalue weighted by Crippen LogP contribution is -2.29. The Hall–Kier alpha value is -7.41. The zero-order valence-corrected chi connectivity index (χ0v) is 31.9. The minimum atomic E-state index is -0.471. The molecule has 58 heavy (non-hydrogen) atoms. The molecular formula is C52H39N5O. The van der Waals surface area contributed by atoms with Crippen LogP contribution < -0.4 is 11.1 Å². The Kier molecular flexibility index (Phi) is 7.98. The van der Waals surface area contributed by atoms with Crippen molar-refractivity contribution in [2.75, 3.05) is 0 Å². The highest BCUT2D eigenvalue weighted by Crippen LogP contribution is 2.37. The van der Waals surface area contributed by atoms with Crippen LogP contribution in [0.15, 0.2) is 197 Å². The van der Waals surface area contributed by atoms with Crippen LogP contribution >= 0.6 is 0 Å². The number of nitrogens with two attached hydrogens (primary N) is 1. The lowest BCUT2D eigenvalue weighted by Gasteiger charge is -2.24. The molecule has 0 fully saturated rings. The van der Waals surface area contributed by atoms with Gasteiger partial charge in [-0.2, -0.15) is 0 Å². The molecule has 0 bridgehead atoms. The first-order valence-electron chi connectivity index (χ1n) is 19.8. The van der Waals surface area contributed by atoms with E-state index in [1.807, 2.05) is 18.2 Å². The Bertz CT molecular complexity index is 3250. The van der Waals surface area contributed by atoms with Crippen molar-refractivity contribution >= 4 is 71.4 Å². The third-order valence-electron chi connectivity index (χ3n) is 11.6. The first-order chi connectivity index (χ1) is 28.6. The van der Waals surface area contributed by atoms with Gasteiger partial charge in [0, 0.05) is 38.0 Å². The summed E-state index contributed by atoms with van der Waals surface area (Å²) < 4.78 is 11.3. The minimum Gasteiger partial charge on any atom is -0.455 e. The van der Waals surface area contributed by atoms with E-state index in [9.17, 15) is 0 Å². The van der Waals surface area contributed by atoms with E-state index in [0.717, 1.165) is 55.3 Å². The summed E-state index contributed by atoms with van der Waals surface area (Å²) in [7, 11) is 0. The summed E-state index contributed by atoms with van der Waals surface area (Å²) in [6.45, 7) is 2.19. The highest BCUT2D eigenvalue weighted by molar-refractivity contribution is 6.15. The quantitative estimate of drug-likeness (QED) is 0.120. The molecule has 3 heterocycles. The number of para-hydroxylation sites is 5. The van der Waals surface area contributed by atoms with E-state index in [-0.39, 0.29) is 6.17 Å². The lowest BCUT2D eigenvalue weighted by atomic mass is 10.0. The molecule has 0 aliphatic rings. The van der Waals surface area contributed by atoms with Crippen molar-refractivity contribution < 1.29 is 4.42 Å². The lowest BCUT2D eigenvalue weighted by molar-refractivity contribution is 0.399. The van der Waals surface area contributed by atoms with Crippen LogP contribution in [-0.2, 0) is 0 Å². The summed E-state index contributed by atoms with van der Waals surface area (Å²) >= 11 is 0. The van der Waals surface area contributed by atoms with E-state index < -0.39 is 6.17 Å². The van der Waals surface area contributed by atoms with Crippen LogP contribution in [0.4, 0.5) is 0 Å². The number of aromatic nitrogens is 2. The van der Waals surface area contributed by atoms with Gasteiger partial charge in [0.15, 0.2) is 0 Å². The molecule has 0 spiro atoms. The van der Waals surface area contributed by atoms with Crippen LogP contribution in [0.5, 0.6) is 0 Å². The normalized spacial score (nSPS) is 13.4. The largest absolute Gasteiger partial charge is 0.455 e. The molecule has 3 N–H and O–H groups in total. The van der Waals surface area contributed by atoms with E-state index in [1.165, 1.54) is 32.6 Å². The third-order valence-corrected chi connectivity index (χ3v) is 11.6. The molecule has 0 amide bonds. The maximum atomic E-state index is 7.09. The van der Waals surface area contributed by atoms with Crippen molar-refractivity contribution in [2.45, 2.75) is 19.3 Å². The molecule has 2 atom stereocenters. The zero-order chi connectivity index (χ0) is 38.7. The van der Waals surface area contributed by atoms with E-state index >= 15 is 0 Å². The molecule has 0 saturated heterocycles. The number of amidine groups is 1. The number of fused-ring (bicyclic) bond motifs is 9. The van der Waals surface area contributed by atoms with Gasteiger partial charge in [0.25, 0.3) is 0 Å². The van der Waals surface area contributed by atoms with Gasteiger partial charge >= 0.3 is 0 Å². The second kappa shape index (κ2) is 13.7. The van der Waals surface area contributed by atoms with E-state index in [2.05, 4.69) is 191 Å². The predicted molar refractivity (Wildman–Crippen MR) is 241 cm³/mol. The predicted octanol–water partition coefficient (Wildman–Crippen LogP) is 12.7. The summed E-state index contributed by atoms with van der Waals surface area (Å²) in [6.07, 6.45) is -0.609. The van der Waals surface area contributed by atoms with Gasteiger partial charge in [0.05, 0.1) is 33.8 Å². The number of benzene rings is 8. The van der Waals surface area contributed by atoms with Gasteiger partial charge < -0.3 is 19.3 Å².